The van der Waals surface area contributed by atoms with E-state index >= 15 is 0 Å². The molecule has 9 nitrogen and oxygen atoms in total. The molecule has 208 valence electrons. The number of benzene rings is 2. The highest BCUT2D eigenvalue weighted by atomic mass is 35.5. The third kappa shape index (κ3) is 7.00. The second-order valence-electron chi connectivity index (χ2n) is 9.35. The van der Waals surface area contributed by atoms with E-state index in [0.717, 1.165) is 12.8 Å². The van der Waals surface area contributed by atoms with Crippen LogP contribution in [0.3, 0.4) is 0 Å². The quantitative estimate of drug-likeness (QED) is 0.416. The zero-order chi connectivity index (χ0) is 27.3. The van der Waals surface area contributed by atoms with Crippen LogP contribution in [0.15, 0.2) is 47.4 Å². The smallest absolute Gasteiger partial charge is 0.243 e. The van der Waals surface area contributed by atoms with E-state index in [-0.39, 0.29) is 48.7 Å². The Kier molecular flexibility index (Phi) is 9.59. The van der Waals surface area contributed by atoms with E-state index in [1.807, 2.05) is 0 Å². The van der Waals surface area contributed by atoms with Crippen LogP contribution in [-0.4, -0.2) is 70.7 Å². The van der Waals surface area contributed by atoms with Crippen LogP contribution in [0.5, 0.6) is 5.75 Å². The van der Waals surface area contributed by atoms with Crippen LogP contribution in [-0.2, 0) is 30.6 Å². The summed E-state index contributed by atoms with van der Waals surface area (Å²) in [5.74, 6) is -0.214. The molecule has 0 aromatic heterocycles. The maximum Gasteiger partial charge on any atom is 0.243 e. The summed E-state index contributed by atoms with van der Waals surface area (Å²) in [5, 5.41) is 3.45. The molecule has 0 spiro atoms. The number of hydrogen-bond donors (Lipinski definition) is 1. The van der Waals surface area contributed by atoms with Gasteiger partial charge in [0.1, 0.15) is 12.4 Å². The van der Waals surface area contributed by atoms with Gasteiger partial charge in [-0.1, -0.05) is 29.3 Å². The van der Waals surface area contributed by atoms with Crippen molar-refractivity contribution in [3.63, 3.8) is 0 Å². The first-order chi connectivity index (χ1) is 18.1. The highest BCUT2D eigenvalue weighted by molar-refractivity contribution is 7.89. The molecule has 2 aliphatic heterocycles. The van der Waals surface area contributed by atoms with Gasteiger partial charge in [-0.2, -0.15) is 4.31 Å². The van der Waals surface area contributed by atoms with Gasteiger partial charge in [0.2, 0.25) is 26.0 Å². The first-order valence-electron chi connectivity index (χ1n) is 12.5. The lowest BCUT2D eigenvalue weighted by Gasteiger charge is -2.30. The Morgan fingerprint density at radius 2 is 1.50 bits per heavy atom. The summed E-state index contributed by atoms with van der Waals surface area (Å²) < 4.78 is 59.5. The van der Waals surface area contributed by atoms with Crippen molar-refractivity contribution >= 4 is 49.2 Å². The number of amides is 1. The number of rotatable bonds is 10. The van der Waals surface area contributed by atoms with Crippen molar-refractivity contribution in [1.82, 2.24) is 13.9 Å². The standard InChI is InChI=1S/C25H31Cl2N3O6S2/c26-23-4-3-5-24(27)22(23)18-37(32,33)29-15-10-19(11-16-29)25(31)28-12-17-36-20-6-8-21(9-7-20)38(34,35)30-13-1-2-14-30/h3-9,19H,1-2,10-18H2,(H,28,31). The number of halogens is 2. The third-order valence-electron chi connectivity index (χ3n) is 6.80. The number of hydrogen-bond acceptors (Lipinski definition) is 6. The highest BCUT2D eigenvalue weighted by Crippen LogP contribution is 2.29. The molecule has 38 heavy (non-hydrogen) atoms. The SMILES string of the molecule is O=C(NCCOc1ccc(S(=O)(=O)N2CCCC2)cc1)C1CCN(S(=O)(=O)Cc2c(Cl)cccc2Cl)CC1. The molecule has 0 saturated carbocycles. The topological polar surface area (TPSA) is 113 Å². The fourth-order valence-corrected chi connectivity index (χ4v) is 8.45. The van der Waals surface area contributed by atoms with Crippen LogP contribution in [0.4, 0.5) is 0 Å². The zero-order valence-corrected chi connectivity index (χ0v) is 24.0. The van der Waals surface area contributed by atoms with Gasteiger partial charge in [0, 0.05) is 47.7 Å². The van der Waals surface area contributed by atoms with Crippen molar-refractivity contribution in [3.05, 3.63) is 58.1 Å². The summed E-state index contributed by atoms with van der Waals surface area (Å²) >= 11 is 12.3. The first-order valence-corrected chi connectivity index (χ1v) is 16.3. The predicted octanol–water partition coefficient (Wildman–Crippen LogP) is 3.51. The molecule has 0 bridgehead atoms. The van der Waals surface area contributed by atoms with Crippen molar-refractivity contribution in [2.45, 2.75) is 36.3 Å². The second kappa shape index (κ2) is 12.5. The van der Waals surface area contributed by atoms with E-state index in [4.69, 9.17) is 27.9 Å². The molecule has 2 fully saturated rings. The Morgan fingerprint density at radius 3 is 2.11 bits per heavy atom. The van der Waals surface area contributed by atoms with Crippen molar-refractivity contribution in [2.24, 2.45) is 5.92 Å². The largest absolute Gasteiger partial charge is 0.492 e. The van der Waals surface area contributed by atoms with Crippen molar-refractivity contribution in [3.8, 4) is 5.75 Å². The molecular weight excluding hydrogens is 573 g/mol. The molecule has 2 heterocycles. The van der Waals surface area contributed by atoms with Gasteiger partial charge in [-0.25, -0.2) is 21.1 Å². The van der Waals surface area contributed by atoms with E-state index in [1.54, 1.807) is 30.3 Å². The van der Waals surface area contributed by atoms with E-state index in [2.05, 4.69) is 5.32 Å². The lowest BCUT2D eigenvalue weighted by Crippen LogP contribution is -2.44. The fourth-order valence-electron chi connectivity index (χ4n) is 4.61. The molecule has 2 aliphatic rings. The molecule has 13 heteroatoms. The molecule has 0 unspecified atom stereocenters. The first kappa shape index (κ1) is 29.1. The van der Waals surface area contributed by atoms with Crippen molar-refractivity contribution < 1.29 is 26.4 Å². The summed E-state index contributed by atoms with van der Waals surface area (Å²) in [7, 11) is -7.10. The summed E-state index contributed by atoms with van der Waals surface area (Å²) in [6.45, 7) is 2.07. The molecule has 2 aromatic carbocycles. The minimum Gasteiger partial charge on any atom is -0.492 e. The van der Waals surface area contributed by atoms with E-state index in [1.165, 1.54) is 20.7 Å². The molecule has 1 N–H and O–H groups in total. The third-order valence-corrected chi connectivity index (χ3v) is 11.2. The average Bonchev–Trinajstić information content (AvgIpc) is 3.45. The van der Waals surface area contributed by atoms with Crippen LogP contribution < -0.4 is 10.1 Å². The molecule has 4 rings (SSSR count). The number of piperidine rings is 1. The number of carbonyl (C=O) groups is 1. The van der Waals surface area contributed by atoms with Crippen LogP contribution in [0.1, 0.15) is 31.2 Å². The lowest BCUT2D eigenvalue weighted by atomic mass is 9.97. The van der Waals surface area contributed by atoms with Gasteiger partial charge in [-0.15, -0.1) is 0 Å². The highest BCUT2D eigenvalue weighted by Gasteiger charge is 2.32. The lowest BCUT2D eigenvalue weighted by molar-refractivity contribution is -0.126. The summed E-state index contributed by atoms with van der Waals surface area (Å²) in [4.78, 5) is 12.8. The minimum atomic E-state index is -3.63. The van der Waals surface area contributed by atoms with Gasteiger partial charge in [0.05, 0.1) is 17.2 Å². The van der Waals surface area contributed by atoms with E-state index in [9.17, 15) is 21.6 Å². The molecule has 0 aliphatic carbocycles. The Hall–Kier alpha value is -1.89. The maximum atomic E-state index is 12.9. The molecule has 2 aromatic rings. The number of nitrogens with zero attached hydrogens (tertiary/aromatic N) is 2. The predicted molar refractivity (Wildman–Crippen MR) is 146 cm³/mol. The van der Waals surface area contributed by atoms with Gasteiger partial charge in [0.25, 0.3) is 0 Å². The monoisotopic (exact) mass is 603 g/mol. The van der Waals surface area contributed by atoms with Crippen molar-refractivity contribution in [1.29, 1.82) is 0 Å². The van der Waals surface area contributed by atoms with Gasteiger partial charge < -0.3 is 10.1 Å². The number of nitrogens with one attached hydrogen (secondary N) is 1. The fraction of sp³-hybridized carbons (Fsp3) is 0.480. The van der Waals surface area contributed by atoms with Crippen LogP contribution in [0.2, 0.25) is 10.0 Å². The number of sulfonamides is 2. The Balaban J connectivity index is 1.19. The van der Waals surface area contributed by atoms with Crippen LogP contribution >= 0.6 is 23.2 Å². The Labute approximate surface area is 234 Å². The number of ether oxygens (including phenoxy) is 1. The zero-order valence-electron chi connectivity index (χ0n) is 20.8. The van der Waals surface area contributed by atoms with Gasteiger partial charge >= 0.3 is 0 Å². The molecule has 0 radical (unpaired) electrons. The van der Waals surface area contributed by atoms with Crippen LogP contribution in [0.25, 0.3) is 0 Å². The van der Waals surface area contributed by atoms with Gasteiger partial charge in [-0.05, 0) is 62.1 Å². The Morgan fingerprint density at radius 1 is 0.895 bits per heavy atom. The summed E-state index contributed by atoms with van der Waals surface area (Å²) in [6.07, 6.45) is 2.58. The summed E-state index contributed by atoms with van der Waals surface area (Å²) in [6, 6.07) is 11.1. The second-order valence-corrected chi connectivity index (χ2v) is 14.1. The van der Waals surface area contributed by atoms with E-state index in [0.29, 0.717) is 47.3 Å². The molecular formula is C25H31Cl2N3O6S2. The molecule has 2 saturated heterocycles. The maximum absolute atomic E-state index is 12.9. The van der Waals surface area contributed by atoms with Gasteiger partial charge in [0.15, 0.2) is 0 Å². The summed E-state index contributed by atoms with van der Waals surface area (Å²) in [5.41, 5.74) is 0.374. The molecule has 0 atom stereocenters. The minimum absolute atomic E-state index is 0.146. The Bertz CT molecular complexity index is 1320. The normalized spacial score (nSPS) is 17.9. The van der Waals surface area contributed by atoms with Crippen molar-refractivity contribution in [2.75, 3.05) is 39.3 Å². The molecule has 1 amide bonds. The van der Waals surface area contributed by atoms with Gasteiger partial charge in [-0.3, -0.25) is 4.79 Å². The van der Waals surface area contributed by atoms with E-state index < -0.39 is 20.0 Å². The van der Waals surface area contributed by atoms with Crippen LogP contribution in [0, 0.1) is 5.92 Å². The number of carbonyl (C=O) groups excluding carboxylic acids is 1. The average molecular weight is 605 g/mol.